The van der Waals surface area contributed by atoms with Crippen molar-refractivity contribution in [1.29, 1.82) is 0 Å². The van der Waals surface area contributed by atoms with Gasteiger partial charge in [-0.25, -0.2) is 4.79 Å². The van der Waals surface area contributed by atoms with Crippen molar-refractivity contribution < 1.29 is 24.9 Å². The molecule has 0 radical (unpaired) electrons. The topological polar surface area (TPSA) is 111 Å². The third-order valence-corrected chi connectivity index (χ3v) is 2.79. The Morgan fingerprint density at radius 1 is 1.40 bits per heavy atom. The number of hydrogen-bond donors (Lipinski definition) is 5. The quantitative estimate of drug-likeness (QED) is 0.325. The van der Waals surface area contributed by atoms with E-state index in [1.54, 1.807) is 0 Å². The monoisotopic (exact) mass is 218 g/mol. The first-order chi connectivity index (χ1) is 7.13. The fraction of sp³-hybridized carbons (Fsp3) is 0.875. The second kappa shape index (κ2) is 3.93. The third-order valence-electron chi connectivity index (χ3n) is 2.79. The maximum Gasteiger partial charge on any atom is 0.315 e. The molecular formula is C8H14N2O5. The van der Waals surface area contributed by atoms with Crippen molar-refractivity contribution in [3.05, 3.63) is 0 Å². The van der Waals surface area contributed by atoms with E-state index in [4.69, 9.17) is 9.84 Å². The molecule has 2 heterocycles. The zero-order valence-electron chi connectivity index (χ0n) is 7.96. The minimum Gasteiger partial charge on any atom is -0.394 e. The summed E-state index contributed by atoms with van der Waals surface area (Å²) in [4.78, 5) is 11.0. The van der Waals surface area contributed by atoms with Crippen LogP contribution in [-0.4, -0.2) is 65.0 Å². The summed E-state index contributed by atoms with van der Waals surface area (Å²) in [6.07, 6.45) is -3.54. The molecular weight excluding hydrogens is 204 g/mol. The van der Waals surface area contributed by atoms with Crippen LogP contribution in [0.5, 0.6) is 0 Å². The van der Waals surface area contributed by atoms with Crippen LogP contribution in [0.3, 0.4) is 0 Å². The van der Waals surface area contributed by atoms with E-state index in [1.807, 2.05) is 0 Å². The Morgan fingerprint density at radius 2 is 2.13 bits per heavy atom. The van der Waals surface area contributed by atoms with E-state index < -0.39 is 36.5 Å². The van der Waals surface area contributed by atoms with Crippen LogP contribution in [-0.2, 0) is 4.74 Å². The van der Waals surface area contributed by atoms with Crippen molar-refractivity contribution in [3.63, 3.8) is 0 Å². The number of carbonyl (C=O) groups is 1. The summed E-state index contributed by atoms with van der Waals surface area (Å²) < 4.78 is 5.33. The first-order valence-electron chi connectivity index (χ1n) is 4.80. The van der Waals surface area contributed by atoms with Gasteiger partial charge in [0, 0.05) is 6.54 Å². The number of ether oxygens (including phenoxy) is 1. The Hall–Kier alpha value is -0.890. The van der Waals surface area contributed by atoms with E-state index in [9.17, 15) is 15.0 Å². The highest BCUT2D eigenvalue weighted by Gasteiger charge is 2.46. The summed E-state index contributed by atoms with van der Waals surface area (Å²) in [5.74, 6) is 0. The Labute approximate surface area is 86.0 Å². The van der Waals surface area contributed by atoms with Gasteiger partial charge in [-0.1, -0.05) is 0 Å². The van der Waals surface area contributed by atoms with Gasteiger partial charge in [0.2, 0.25) is 0 Å². The minimum absolute atomic E-state index is 0.261. The molecule has 0 aromatic heterocycles. The normalized spacial score (nSPS) is 45.3. The largest absolute Gasteiger partial charge is 0.394 e. The summed E-state index contributed by atoms with van der Waals surface area (Å²) in [7, 11) is 0. The number of fused-ring (bicyclic) bond motifs is 1. The lowest BCUT2D eigenvalue weighted by molar-refractivity contribution is -0.193. The molecule has 7 heteroatoms. The third kappa shape index (κ3) is 1.78. The number of aliphatic hydroxyl groups is 3. The molecule has 2 amide bonds. The highest BCUT2D eigenvalue weighted by molar-refractivity contribution is 5.75. The molecule has 2 saturated heterocycles. The van der Waals surface area contributed by atoms with E-state index in [2.05, 4.69) is 10.6 Å². The number of carbonyl (C=O) groups excluding carboxylic acids is 1. The molecule has 0 saturated carbocycles. The average molecular weight is 218 g/mol. The Kier molecular flexibility index (Phi) is 2.79. The number of aliphatic hydroxyl groups excluding tert-OH is 3. The van der Waals surface area contributed by atoms with Crippen LogP contribution in [0.25, 0.3) is 0 Å². The van der Waals surface area contributed by atoms with Crippen LogP contribution in [0.4, 0.5) is 4.79 Å². The summed E-state index contributed by atoms with van der Waals surface area (Å²) >= 11 is 0. The van der Waals surface area contributed by atoms with Crippen molar-refractivity contribution in [2.45, 2.75) is 30.5 Å². The average Bonchev–Trinajstić information content (AvgIpc) is 2.24. The number of urea groups is 1. The lowest BCUT2D eigenvalue weighted by atomic mass is 9.92. The van der Waals surface area contributed by atoms with E-state index in [0.29, 0.717) is 0 Å². The van der Waals surface area contributed by atoms with E-state index in [0.717, 1.165) is 0 Å². The van der Waals surface area contributed by atoms with Gasteiger partial charge in [0.25, 0.3) is 0 Å². The predicted molar refractivity (Wildman–Crippen MR) is 48.1 cm³/mol. The second-order valence-corrected chi connectivity index (χ2v) is 3.76. The molecule has 0 aromatic rings. The molecule has 2 rings (SSSR count). The summed E-state index contributed by atoms with van der Waals surface area (Å²) in [6, 6.07) is -1.02. The molecule has 0 spiro atoms. The van der Waals surface area contributed by atoms with Gasteiger partial charge in [-0.3, -0.25) is 0 Å². The van der Waals surface area contributed by atoms with Crippen LogP contribution >= 0.6 is 0 Å². The Morgan fingerprint density at radius 3 is 2.80 bits per heavy atom. The molecule has 0 aromatic carbocycles. The van der Waals surface area contributed by atoms with Gasteiger partial charge in [0.15, 0.2) is 0 Å². The number of rotatable bonds is 1. The first-order valence-corrected chi connectivity index (χ1v) is 4.80. The maximum atomic E-state index is 11.0. The fourth-order valence-corrected chi connectivity index (χ4v) is 1.94. The van der Waals surface area contributed by atoms with Gasteiger partial charge < -0.3 is 30.7 Å². The van der Waals surface area contributed by atoms with E-state index in [-0.39, 0.29) is 13.2 Å². The molecule has 0 unspecified atom stereocenters. The minimum atomic E-state index is -1.19. The predicted octanol–water partition coefficient (Wildman–Crippen LogP) is -2.85. The molecule has 86 valence electrons. The highest BCUT2D eigenvalue weighted by atomic mass is 16.5. The molecule has 7 nitrogen and oxygen atoms in total. The van der Waals surface area contributed by atoms with Crippen LogP contribution in [0.1, 0.15) is 0 Å². The van der Waals surface area contributed by atoms with Crippen LogP contribution in [0, 0.1) is 0 Å². The van der Waals surface area contributed by atoms with Crippen molar-refractivity contribution in [1.82, 2.24) is 10.6 Å². The van der Waals surface area contributed by atoms with Crippen LogP contribution < -0.4 is 10.6 Å². The van der Waals surface area contributed by atoms with Crippen molar-refractivity contribution in [2.24, 2.45) is 0 Å². The van der Waals surface area contributed by atoms with Gasteiger partial charge in [-0.2, -0.15) is 0 Å². The molecule has 0 aliphatic carbocycles. The van der Waals surface area contributed by atoms with Gasteiger partial charge >= 0.3 is 6.03 Å². The molecule has 2 fully saturated rings. The first kappa shape index (κ1) is 10.6. The van der Waals surface area contributed by atoms with E-state index >= 15 is 0 Å². The zero-order valence-corrected chi connectivity index (χ0v) is 7.96. The summed E-state index contributed by atoms with van der Waals surface area (Å²) in [5.41, 5.74) is 0. The zero-order chi connectivity index (χ0) is 11.0. The number of amides is 2. The van der Waals surface area contributed by atoms with Gasteiger partial charge in [0.1, 0.15) is 18.3 Å². The molecule has 15 heavy (non-hydrogen) atoms. The number of nitrogens with one attached hydrogen (secondary N) is 2. The summed E-state index contributed by atoms with van der Waals surface area (Å²) in [5, 5.41) is 33.2. The van der Waals surface area contributed by atoms with Crippen LogP contribution in [0.15, 0.2) is 0 Å². The lowest BCUT2D eigenvalue weighted by Gasteiger charge is -2.44. The molecule has 2 aliphatic heterocycles. The molecule has 2 aliphatic rings. The lowest BCUT2D eigenvalue weighted by Crippen LogP contribution is -2.70. The van der Waals surface area contributed by atoms with Crippen molar-refractivity contribution in [2.75, 3.05) is 13.2 Å². The maximum absolute atomic E-state index is 11.0. The number of hydrogen-bond acceptors (Lipinski definition) is 5. The fourth-order valence-electron chi connectivity index (χ4n) is 1.94. The highest BCUT2D eigenvalue weighted by Crippen LogP contribution is 2.22. The standard InChI is InChI=1S/C8H14N2O5/c11-2-4-6(12)7(13)5-3(15-4)1-9-8(14)10-5/h3-7,11-13H,1-2H2,(H2,9,10,14)/t3-,4-,5+,6+,7-/m1/s1. The van der Waals surface area contributed by atoms with Crippen molar-refractivity contribution >= 4 is 6.03 Å². The summed E-state index contributed by atoms with van der Waals surface area (Å²) in [6.45, 7) is -0.105. The second-order valence-electron chi connectivity index (χ2n) is 3.76. The smallest absolute Gasteiger partial charge is 0.315 e. The van der Waals surface area contributed by atoms with Gasteiger partial charge in [-0.15, -0.1) is 0 Å². The SMILES string of the molecule is O=C1NC[C@H]2O[C@H](CO)[C@H](O)[C@H](O)[C@H]2N1. The Balaban J connectivity index is 2.11. The molecule has 5 atom stereocenters. The van der Waals surface area contributed by atoms with Crippen molar-refractivity contribution in [3.8, 4) is 0 Å². The van der Waals surface area contributed by atoms with Gasteiger partial charge in [0.05, 0.1) is 18.8 Å². The molecule has 0 bridgehead atoms. The molecule has 5 N–H and O–H groups in total. The van der Waals surface area contributed by atoms with Crippen LogP contribution in [0.2, 0.25) is 0 Å². The Bertz CT molecular complexity index is 259. The van der Waals surface area contributed by atoms with Gasteiger partial charge in [-0.05, 0) is 0 Å². The van der Waals surface area contributed by atoms with E-state index in [1.165, 1.54) is 0 Å².